The summed E-state index contributed by atoms with van der Waals surface area (Å²) in [6.07, 6.45) is -1.43. The van der Waals surface area contributed by atoms with E-state index in [9.17, 15) is 19.2 Å². The van der Waals surface area contributed by atoms with Gasteiger partial charge >= 0.3 is 12.0 Å². The molecule has 0 fully saturated rings. The molecule has 1 atom stereocenters. The summed E-state index contributed by atoms with van der Waals surface area (Å²) in [5, 5.41) is 11.8. The summed E-state index contributed by atoms with van der Waals surface area (Å²) >= 11 is 0. The summed E-state index contributed by atoms with van der Waals surface area (Å²) < 4.78 is 5.10. The van der Waals surface area contributed by atoms with Crippen molar-refractivity contribution in [2.75, 3.05) is 0 Å². The van der Waals surface area contributed by atoms with Gasteiger partial charge in [-0.25, -0.2) is 9.89 Å². The fourth-order valence-electron chi connectivity index (χ4n) is 2.77. The molecule has 0 aliphatic rings. The van der Waals surface area contributed by atoms with Gasteiger partial charge in [0.1, 0.15) is 0 Å². The van der Waals surface area contributed by atoms with E-state index in [1.54, 1.807) is 24.3 Å². The number of aromatic amines is 1. The summed E-state index contributed by atoms with van der Waals surface area (Å²) in [6, 6.07) is 15.2. The van der Waals surface area contributed by atoms with Crippen molar-refractivity contribution < 1.29 is 19.1 Å². The van der Waals surface area contributed by atoms with Crippen molar-refractivity contribution in [3.63, 3.8) is 0 Å². The summed E-state index contributed by atoms with van der Waals surface area (Å²) in [5.41, 5.74) is 0.834. The summed E-state index contributed by atoms with van der Waals surface area (Å²) in [7, 11) is 0. The van der Waals surface area contributed by atoms with Gasteiger partial charge in [-0.3, -0.25) is 19.7 Å². The Morgan fingerprint density at radius 2 is 1.70 bits per heavy atom. The number of urea groups is 1. The van der Waals surface area contributed by atoms with E-state index in [1.165, 1.54) is 6.92 Å². The first kappa shape index (κ1) is 20.7. The van der Waals surface area contributed by atoms with Gasteiger partial charge < -0.3 is 10.1 Å². The standard InChI is InChI=1S/C21H20N4O5/c1-13(19(27)23-21(29)22-12-14-7-3-2-4-8-14)30-18(26)11-17-15-9-5-6-10-16(15)20(28)25-24-17/h2-10,13H,11-12H2,1H3,(H,25,28)(H2,22,23,27,29)/t13-/m1/s1. The van der Waals surface area contributed by atoms with Crippen LogP contribution in [-0.4, -0.2) is 34.2 Å². The molecule has 3 rings (SSSR count). The molecule has 3 N–H and O–H groups in total. The van der Waals surface area contributed by atoms with Gasteiger partial charge in [0.25, 0.3) is 11.5 Å². The van der Waals surface area contributed by atoms with Gasteiger partial charge in [-0.05, 0) is 18.6 Å². The molecule has 3 amide bonds. The lowest BCUT2D eigenvalue weighted by atomic mass is 10.1. The van der Waals surface area contributed by atoms with Crippen LogP contribution in [0.2, 0.25) is 0 Å². The molecule has 0 bridgehead atoms. The van der Waals surface area contributed by atoms with Crippen LogP contribution in [0.1, 0.15) is 18.2 Å². The van der Waals surface area contributed by atoms with Crippen molar-refractivity contribution in [2.45, 2.75) is 26.0 Å². The highest BCUT2D eigenvalue weighted by atomic mass is 16.5. The average molecular weight is 408 g/mol. The van der Waals surface area contributed by atoms with Crippen LogP contribution < -0.4 is 16.2 Å². The SMILES string of the molecule is C[C@@H](OC(=O)Cc1n[nH]c(=O)c2ccccc12)C(=O)NC(=O)NCc1ccccc1. The minimum atomic E-state index is -1.19. The molecular weight excluding hydrogens is 388 g/mol. The Bertz CT molecular complexity index is 1130. The quantitative estimate of drug-likeness (QED) is 0.529. The minimum Gasteiger partial charge on any atom is -0.452 e. The number of aromatic nitrogens is 2. The van der Waals surface area contributed by atoms with Crippen LogP contribution in [0, 0.1) is 0 Å². The van der Waals surface area contributed by atoms with E-state index < -0.39 is 24.0 Å². The lowest BCUT2D eigenvalue weighted by Gasteiger charge is -2.13. The number of H-pyrrole nitrogens is 1. The number of benzene rings is 2. The van der Waals surface area contributed by atoms with Crippen molar-refractivity contribution >= 4 is 28.7 Å². The second kappa shape index (κ2) is 9.46. The highest BCUT2D eigenvalue weighted by molar-refractivity contribution is 5.97. The van der Waals surface area contributed by atoms with Gasteiger partial charge in [-0.1, -0.05) is 48.5 Å². The molecule has 154 valence electrons. The van der Waals surface area contributed by atoms with Gasteiger partial charge in [0.2, 0.25) is 0 Å². The third-order valence-electron chi connectivity index (χ3n) is 4.30. The zero-order chi connectivity index (χ0) is 21.5. The molecule has 0 radical (unpaired) electrons. The van der Waals surface area contributed by atoms with E-state index in [0.717, 1.165) is 5.56 Å². The molecule has 1 heterocycles. The number of imide groups is 1. The third kappa shape index (κ3) is 5.28. The van der Waals surface area contributed by atoms with Gasteiger partial charge in [-0.2, -0.15) is 5.10 Å². The van der Waals surface area contributed by atoms with Crippen molar-refractivity contribution in [2.24, 2.45) is 0 Å². The van der Waals surface area contributed by atoms with Crippen LogP contribution in [-0.2, 0) is 27.3 Å². The molecule has 1 aromatic heterocycles. The summed E-state index contributed by atoms with van der Waals surface area (Å²) in [5.74, 6) is -1.47. The van der Waals surface area contributed by atoms with E-state index in [0.29, 0.717) is 16.5 Å². The highest BCUT2D eigenvalue weighted by Gasteiger charge is 2.21. The van der Waals surface area contributed by atoms with Crippen molar-refractivity contribution in [1.29, 1.82) is 0 Å². The van der Waals surface area contributed by atoms with Crippen LogP contribution in [0.25, 0.3) is 10.8 Å². The summed E-state index contributed by atoms with van der Waals surface area (Å²) in [4.78, 5) is 48.0. The Kier molecular flexibility index (Phi) is 6.53. The first-order valence-electron chi connectivity index (χ1n) is 9.22. The molecule has 0 aliphatic heterocycles. The second-order valence-corrected chi connectivity index (χ2v) is 6.51. The van der Waals surface area contributed by atoms with Gasteiger partial charge in [0.05, 0.1) is 17.5 Å². The van der Waals surface area contributed by atoms with E-state index in [2.05, 4.69) is 20.8 Å². The fraction of sp³-hybridized carbons (Fsp3) is 0.190. The fourth-order valence-corrected chi connectivity index (χ4v) is 2.77. The average Bonchev–Trinajstić information content (AvgIpc) is 2.75. The van der Waals surface area contributed by atoms with Gasteiger partial charge in [0.15, 0.2) is 6.10 Å². The molecule has 0 saturated heterocycles. The lowest BCUT2D eigenvalue weighted by Crippen LogP contribution is -2.44. The second-order valence-electron chi connectivity index (χ2n) is 6.51. The van der Waals surface area contributed by atoms with E-state index in [-0.39, 0.29) is 18.5 Å². The monoisotopic (exact) mass is 408 g/mol. The largest absolute Gasteiger partial charge is 0.452 e. The molecular formula is C21H20N4O5. The van der Waals surface area contributed by atoms with Crippen LogP contribution in [0.4, 0.5) is 4.79 Å². The molecule has 0 spiro atoms. The number of esters is 1. The van der Waals surface area contributed by atoms with Crippen LogP contribution in [0.5, 0.6) is 0 Å². The van der Waals surface area contributed by atoms with Gasteiger partial charge in [-0.15, -0.1) is 0 Å². The van der Waals surface area contributed by atoms with Crippen LogP contribution in [0.15, 0.2) is 59.4 Å². The Morgan fingerprint density at radius 3 is 2.43 bits per heavy atom. The van der Waals surface area contributed by atoms with Gasteiger partial charge in [0, 0.05) is 11.9 Å². The normalized spacial score (nSPS) is 11.5. The topological polar surface area (TPSA) is 130 Å². The van der Waals surface area contributed by atoms with E-state index in [4.69, 9.17) is 4.74 Å². The number of carbonyl (C=O) groups excluding carboxylic acids is 3. The van der Waals surface area contributed by atoms with Crippen LogP contribution >= 0.6 is 0 Å². The van der Waals surface area contributed by atoms with Crippen molar-refractivity contribution in [3.05, 3.63) is 76.2 Å². The first-order valence-corrected chi connectivity index (χ1v) is 9.22. The molecule has 0 saturated carbocycles. The lowest BCUT2D eigenvalue weighted by molar-refractivity contribution is -0.153. The maximum atomic E-state index is 12.2. The van der Waals surface area contributed by atoms with E-state index >= 15 is 0 Å². The zero-order valence-corrected chi connectivity index (χ0v) is 16.2. The molecule has 30 heavy (non-hydrogen) atoms. The predicted molar refractivity (Wildman–Crippen MR) is 108 cm³/mol. The number of fused-ring (bicyclic) bond motifs is 1. The maximum Gasteiger partial charge on any atom is 0.321 e. The smallest absolute Gasteiger partial charge is 0.321 e. The van der Waals surface area contributed by atoms with Crippen LogP contribution in [0.3, 0.4) is 0 Å². The Morgan fingerprint density at radius 1 is 1.03 bits per heavy atom. The molecule has 9 heteroatoms. The number of nitrogens with zero attached hydrogens (tertiary/aromatic N) is 1. The molecule has 9 nitrogen and oxygen atoms in total. The molecule has 2 aromatic carbocycles. The predicted octanol–water partition coefficient (Wildman–Crippen LogP) is 1.42. The van der Waals surface area contributed by atoms with E-state index in [1.807, 2.05) is 30.3 Å². The number of carbonyl (C=O) groups is 3. The minimum absolute atomic E-state index is 0.241. The Labute approximate surface area is 171 Å². The highest BCUT2D eigenvalue weighted by Crippen LogP contribution is 2.13. The number of ether oxygens (including phenoxy) is 1. The number of amides is 3. The maximum absolute atomic E-state index is 12.2. The third-order valence-corrected chi connectivity index (χ3v) is 4.30. The number of hydrogen-bond donors (Lipinski definition) is 3. The zero-order valence-electron chi connectivity index (χ0n) is 16.2. The van der Waals surface area contributed by atoms with Crippen molar-refractivity contribution in [1.82, 2.24) is 20.8 Å². The Balaban J connectivity index is 1.53. The Hall–Kier alpha value is -4.01. The first-order chi connectivity index (χ1) is 14.4. The number of rotatable bonds is 6. The van der Waals surface area contributed by atoms with Crippen molar-refractivity contribution in [3.8, 4) is 0 Å². The molecule has 0 unspecified atom stereocenters. The summed E-state index contributed by atoms with van der Waals surface area (Å²) in [6.45, 7) is 1.61. The number of nitrogens with one attached hydrogen (secondary N) is 3. The molecule has 0 aliphatic carbocycles. The number of hydrogen-bond acceptors (Lipinski definition) is 6. The molecule has 3 aromatic rings.